The Balaban J connectivity index is 1.53. The molecule has 0 aliphatic carbocycles. The van der Waals surface area contributed by atoms with E-state index in [1.807, 2.05) is 24.3 Å². The van der Waals surface area contributed by atoms with Crippen LogP contribution in [0.15, 0.2) is 48.7 Å². The third-order valence-electron chi connectivity index (χ3n) is 3.71. The van der Waals surface area contributed by atoms with Gasteiger partial charge in [0.2, 0.25) is 0 Å². The first-order valence-electron chi connectivity index (χ1n) is 7.93. The maximum Gasteiger partial charge on any atom is 0.331 e. The Morgan fingerprint density at radius 3 is 2.70 bits per heavy atom. The summed E-state index contributed by atoms with van der Waals surface area (Å²) in [7, 11) is 1.68. The number of imide groups is 1. The molecule has 0 bridgehead atoms. The molecule has 1 aromatic carbocycles. The lowest BCUT2D eigenvalue weighted by atomic mass is 10.2. The number of aryl methyl sites for hydroxylation is 1. The standard InChI is InChI=1S/C19H15ClN2O4S/c1-22-10-4-6-13(22)19(25)21-16(23)11-26-17(24)9-8-15-18(20)12-5-2-3-7-14(12)27-15/h2-10H,11H2,1H3,(H,21,23,25)/b9-8+. The number of halogens is 1. The fraction of sp³-hybridized carbons (Fsp3) is 0.105. The van der Waals surface area contributed by atoms with E-state index in [1.165, 1.54) is 17.4 Å². The largest absolute Gasteiger partial charge is 0.452 e. The van der Waals surface area contributed by atoms with Gasteiger partial charge in [-0.25, -0.2) is 4.79 Å². The molecule has 2 aromatic heterocycles. The van der Waals surface area contributed by atoms with Crippen LogP contribution in [-0.2, 0) is 21.4 Å². The van der Waals surface area contributed by atoms with Crippen molar-refractivity contribution in [2.75, 3.05) is 6.61 Å². The van der Waals surface area contributed by atoms with Gasteiger partial charge in [-0.2, -0.15) is 0 Å². The highest BCUT2D eigenvalue weighted by Crippen LogP contribution is 2.35. The molecule has 1 N–H and O–H groups in total. The SMILES string of the molecule is Cn1cccc1C(=O)NC(=O)COC(=O)/C=C/c1sc2ccccc2c1Cl. The van der Waals surface area contributed by atoms with E-state index in [0.717, 1.165) is 15.0 Å². The van der Waals surface area contributed by atoms with Crippen molar-refractivity contribution in [3.63, 3.8) is 0 Å². The molecule has 0 spiro atoms. The van der Waals surface area contributed by atoms with Crippen molar-refractivity contribution in [3.8, 4) is 0 Å². The van der Waals surface area contributed by atoms with Gasteiger partial charge in [0, 0.05) is 34.3 Å². The van der Waals surface area contributed by atoms with Crippen LogP contribution in [0.4, 0.5) is 0 Å². The minimum Gasteiger partial charge on any atom is -0.452 e. The molecule has 0 aliphatic rings. The number of amides is 2. The second-order valence-electron chi connectivity index (χ2n) is 5.60. The quantitative estimate of drug-likeness (QED) is 0.524. The maximum atomic E-state index is 11.9. The topological polar surface area (TPSA) is 77.4 Å². The van der Waals surface area contributed by atoms with Crippen molar-refractivity contribution in [2.24, 2.45) is 7.05 Å². The van der Waals surface area contributed by atoms with Crippen molar-refractivity contribution in [1.82, 2.24) is 9.88 Å². The van der Waals surface area contributed by atoms with Gasteiger partial charge in [0.15, 0.2) is 6.61 Å². The zero-order valence-corrected chi connectivity index (χ0v) is 15.8. The van der Waals surface area contributed by atoms with Crippen LogP contribution in [0.1, 0.15) is 15.4 Å². The molecule has 0 aliphatic heterocycles. The fourth-order valence-electron chi connectivity index (χ4n) is 2.39. The predicted octanol–water partition coefficient (Wildman–Crippen LogP) is 3.41. The summed E-state index contributed by atoms with van der Waals surface area (Å²) < 4.78 is 7.44. The van der Waals surface area contributed by atoms with Crippen LogP contribution < -0.4 is 5.32 Å². The molecule has 27 heavy (non-hydrogen) atoms. The minimum atomic E-state index is -0.706. The molecular formula is C19H15ClN2O4S. The number of thiophene rings is 1. The Morgan fingerprint density at radius 1 is 1.22 bits per heavy atom. The highest BCUT2D eigenvalue weighted by atomic mass is 35.5. The Hall–Kier alpha value is -2.90. The number of fused-ring (bicyclic) bond motifs is 1. The molecule has 3 aromatic rings. The van der Waals surface area contributed by atoms with Crippen molar-refractivity contribution in [1.29, 1.82) is 0 Å². The Morgan fingerprint density at radius 2 is 2.00 bits per heavy atom. The van der Waals surface area contributed by atoms with E-state index in [2.05, 4.69) is 5.32 Å². The molecule has 0 saturated carbocycles. The zero-order chi connectivity index (χ0) is 19.4. The summed E-state index contributed by atoms with van der Waals surface area (Å²) in [5.41, 5.74) is 0.328. The Labute approximate surface area is 164 Å². The number of aromatic nitrogens is 1. The molecule has 138 valence electrons. The summed E-state index contributed by atoms with van der Waals surface area (Å²) >= 11 is 7.74. The van der Waals surface area contributed by atoms with E-state index in [-0.39, 0.29) is 0 Å². The van der Waals surface area contributed by atoms with Gasteiger partial charge in [-0.05, 0) is 24.3 Å². The maximum absolute atomic E-state index is 11.9. The first kappa shape index (κ1) is 18.9. The number of carbonyl (C=O) groups excluding carboxylic acids is 3. The van der Waals surface area contributed by atoms with Crippen molar-refractivity contribution in [3.05, 3.63) is 64.3 Å². The lowest BCUT2D eigenvalue weighted by molar-refractivity contribution is -0.143. The number of esters is 1. The van der Waals surface area contributed by atoms with Gasteiger partial charge in [0.1, 0.15) is 5.69 Å². The van der Waals surface area contributed by atoms with E-state index in [9.17, 15) is 14.4 Å². The third-order valence-corrected chi connectivity index (χ3v) is 5.36. The van der Waals surface area contributed by atoms with Gasteiger partial charge in [-0.15, -0.1) is 11.3 Å². The van der Waals surface area contributed by atoms with Gasteiger partial charge >= 0.3 is 5.97 Å². The van der Waals surface area contributed by atoms with E-state index in [4.69, 9.17) is 16.3 Å². The van der Waals surface area contributed by atoms with E-state index in [1.54, 1.807) is 36.0 Å². The normalized spacial score (nSPS) is 11.0. The number of nitrogens with zero attached hydrogens (tertiary/aromatic N) is 1. The minimum absolute atomic E-state index is 0.328. The highest BCUT2D eigenvalue weighted by Gasteiger charge is 2.14. The number of carbonyl (C=O) groups is 3. The van der Waals surface area contributed by atoms with E-state index in [0.29, 0.717) is 10.7 Å². The summed E-state index contributed by atoms with van der Waals surface area (Å²) in [6.07, 6.45) is 4.43. The summed E-state index contributed by atoms with van der Waals surface area (Å²) in [6, 6.07) is 10.9. The van der Waals surface area contributed by atoms with Gasteiger partial charge in [0.25, 0.3) is 11.8 Å². The third kappa shape index (κ3) is 4.45. The number of hydrogen-bond acceptors (Lipinski definition) is 5. The van der Waals surface area contributed by atoms with Crippen LogP contribution in [0.25, 0.3) is 16.2 Å². The van der Waals surface area contributed by atoms with Crippen LogP contribution in [0.5, 0.6) is 0 Å². The van der Waals surface area contributed by atoms with Crippen LogP contribution in [-0.4, -0.2) is 29.0 Å². The second-order valence-corrected chi connectivity index (χ2v) is 7.06. The molecule has 2 heterocycles. The van der Waals surface area contributed by atoms with Crippen LogP contribution in [0.2, 0.25) is 5.02 Å². The molecule has 0 saturated heterocycles. The molecule has 0 fully saturated rings. The van der Waals surface area contributed by atoms with Crippen molar-refractivity contribution >= 4 is 56.9 Å². The summed E-state index contributed by atoms with van der Waals surface area (Å²) in [5, 5.41) is 3.63. The van der Waals surface area contributed by atoms with Crippen LogP contribution in [0, 0.1) is 0 Å². The van der Waals surface area contributed by atoms with E-state index < -0.39 is 24.4 Å². The number of nitrogens with one attached hydrogen (secondary N) is 1. The zero-order valence-electron chi connectivity index (χ0n) is 14.3. The Bertz CT molecular complexity index is 1050. The fourth-order valence-corrected chi connectivity index (χ4v) is 3.79. The molecular weight excluding hydrogens is 388 g/mol. The Kier molecular flexibility index (Phi) is 5.73. The van der Waals surface area contributed by atoms with E-state index >= 15 is 0 Å². The van der Waals surface area contributed by atoms with Gasteiger partial charge < -0.3 is 9.30 Å². The monoisotopic (exact) mass is 402 g/mol. The first-order valence-corrected chi connectivity index (χ1v) is 9.12. The molecule has 6 nitrogen and oxygen atoms in total. The number of benzene rings is 1. The highest BCUT2D eigenvalue weighted by molar-refractivity contribution is 7.20. The molecule has 0 atom stereocenters. The lowest BCUT2D eigenvalue weighted by Crippen LogP contribution is -2.34. The number of rotatable bonds is 5. The summed E-state index contributed by atoms with van der Waals surface area (Å²) in [4.78, 5) is 36.2. The van der Waals surface area contributed by atoms with Crippen molar-refractivity contribution in [2.45, 2.75) is 0 Å². The predicted molar refractivity (Wildman–Crippen MR) is 105 cm³/mol. The summed E-state index contributed by atoms with van der Waals surface area (Å²) in [6.45, 7) is -0.556. The van der Waals surface area contributed by atoms with Gasteiger partial charge in [0.05, 0.1) is 5.02 Å². The average Bonchev–Trinajstić information content (AvgIpc) is 3.22. The van der Waals surface area contributed by atoms with Crippen molar-refractivity contribution < 1.29 is 19.1 Å². The van der Waals surface area contributed by atoms with Crippen LogP contribution >= 0.6 is 22.9 Å². The lowest BCUT2D eigenvalue weighted by Gasteiger charge is -2.05. The van der Waals surface area contributed by atoms with Gasteiger partial charge in [-0.3, -0.25) is 14.9 Å². The average molecular weight is 403 g/mol. The molecule has 3 rings (SSSR count). The van der Waals surface area contributed by atoms with Gasteiger partial charge in [-0.1, -0.05) is 29.8 Å². The molecule has 2 amide bonds. The number of hydrogen-bond donors (Lipinski definition) is 1. The molecule has 0 unspecified atom stereocenters. The second kappa shape index (κ2) is 8.20. The first-order chi connectivity index (χ1) is 13.0. The molecule has 8 heteroatoms. The molecule has 0 radical (unpaired) electrons. The smallest absolute Gasteiger partial charge is 0.331 e. The van der Waals surface area contributed by atoms with Crippen LogP contribution in [0.3, 0.4) is 0 Å². The summed E-state index contributed by atoms with van der Waals surface area (Å²) in [5.74, 6) is -1.97. The number of ether oxygens (including phenoxy) is 1.